The molecule has 4 heteroatoms. The van der Waals surface area contributed by atoms with Crippen LogP contribution in [0.2, 0.25) is 0 Å². The van der Waals surface area contributed by atoms with E-state index in [4.69, 9.17) is 5.73 Å². The molecule has 1 atom stereocenters. The first-order chi connectivity index (χ1) is 8.22. The minimum atomic E-state index is -0.00304. The molecule has 1 aromatic carbocycles. The van der Waals surface area contributed by atoms with Crippen LogP contribution >= 0.6 is 0 Å². The van der Waals surface area contributed by atoms with E-state index in [1.54, 1.807) is 0 Å². The van der Waals surface area contributed by atoms with Crippen LogP contribution in [0.3, 0.4) is 0 Å². The van der Waals surface area contributed by atoms with Gasteiger partial charge >= 0.3 is 0 Å². The van der Waals surface area contributed by atoms with E-state index in [0.29, 0.717) is 19.5 Å². The van der Waals surface area contributed by atoms with Crippen LogP contribution in [-0.2, 0) is 11.3 Å². The summed E-state index contributed by atoms with van der Waals surface area (Å²) in [6, 6.07) is 8.26. The summed E-state index contributed by atoms with van der Waals surface area (Å²) in [5.41, 5.74) is 8.03. The molecule has 1 aromatic heterocycles. The number of benzene rings is 1. The van der Waals surface area contributed by atoms with Gasteiger partial charge in [-0.25, -0.2) is 0 Å². The highest BCUT2D eigenvalue weighted by Gasteiger charge is 2.26. The van der Waals surface area contributed by atoms with Crippen LogP contribution in [0.25, 0.3) is 10.9 Å². The molecule has 2 heterocycles. The minimum Gasteiger partial charge on any atom is -0.361 e. The molecule has 2 aromatic rings. The number of rotatable bonds is 2. The van der Waals surface area contributed by atoms with Gasteiger partial charge in [0.25, 0.3) is 0 Å². The van der Waals surface area contributed by atoms with Crippen molar-refractivity contribution >= 4 is 16.8 Å². The molecule has 3 rings (SSSR count). The van der Waals surface area contributed by atoms with E-state index in [0.717, 1.165) is 11.1 Å². The second-order valence-electron chi connectivity index (χ2n) is 4.64. The molecule has 1 aliphatic heterocycles. The minimum absolute atomic E-state index is 0.00304. The number of amides is 1. The fourth-order valence-electron chi connectivity index (χ4n) is 2.37. The molecule has 1 saturated heterocycles. The van der Waals surface area contributed by atoms with Crippen LogP contribution in [0.15, 0.2) is 30.5 Å². The Bertz CT molecular complexity index is 561. The predicted molar refractivity (Wildman–Crippen MR) is 66.3 cm³/mol. The van der Waals surface area contributed by atoms with Crippen molar-refractivity contribution in [3.05, 3.63) is 36.0 Å². The Labute approximate surface area is 99.4 Å². The molecule has 17 heavy (non-hydrogen) atoms. The van der Waals surface area contributed by atoms with Crippen LogP contribution in [0.5, 0.6) is 0 Å². The zero-order chi connectivity index (χ0) is 11.8. The van der Waals surface area contributed by atoms with Gasteiger partial charge in [0.05, 0.1) is 0 Å². The van der Waals surface area contributed by atoms with Crippen LogP contribution in [0.4, 0.5) is 0 Å². The van der Waals surface area contributed by atoms with Crippen molar-refractivity contribution in [1.29, 1.82) is 0 Å². The van der Waals surface area contributed by atoms with Crippen LogP contribution in [-0.4, -0.2) is 28.4 Å². The molecular weight excluding hydrogens is 214 g/mol. The Hall–Kier alpha value is -1.81. The average Bonchev–Trinajstić information content (AvgIpc) is 2.85. The molecule has 88 valence electrons. The lowest BCUT2D eigenvalue weighted by Crippen LogP contribution is -2.27. The highest BCUT2D eigenvalue weighted by molar-refractivity contribution is 5.81. The standard InChI is InChI=1S/C13H15N3O/c14-11-6-13(17)16(8-11)7-9-1-2-10-3-4-15-12(10)5-9/h1-5,11,15H,6-8,14H2. The van der Waals surface area contributed by atoms with Crippen molar-refractivity contribution in [2.45, 2.75) is 19.0 Å². The molecule has 0 bridgehead atoms. The van der Waals surface area contributed by atoms with Gasteiger partial charge in [0.15, 0.2) is 0 Å². The smallest absolute Gasteiger partial charge is 0.224 e. The summed E-state index contributed by atoms with van der Waals surface area (Å²) in [5, 5.41) is 1.19. The largest absolute Gasteiger partial charge is 0.361 e. The van der Waals surface area contributed by atoms with Crippen molar-refractivity contribution in [3.63, 3.8) is 0 Å². The molecule has 0 aliphatic carbocycles. The Morgan fingerprint density at radius 1 is 1.41 bits per heavy atom. The molecule has 1 unspecified atom stereocenters. The number of aromatic amines is 1. The lowest BCUT2D eigenvalue weighted by Gasteiger charge is -2.15. The van der Waals surface area contributed by atoms with Crippen LogP contribution in [0, 0.1) is 0 Å². The molecule has 4 nitrogen and oxygen atoms in total. The topological polar surface area (TPSA) is 62.1 Å². The van der Waals surface area contributed by atoms with Gasteiger partial charge in [-0.2, -0.15) is 0 Å². The zero-order valence-electron chi connectivity index (χ0n) is 9.52. The number of carbonyl (C=O) groups excluding carboxylic acids is 1. The van der Waals surface area contributed by atoms with Gasteiger partial charge < -0.3 is 15.6 Å². The number of nitrogens with zero attached hydrogens (tertiary/aromatic N) is 1. The fourth-order valence-corrected chi connectivity index (χ4v) is 2.37. The van der Waals surface area contributed by atoms with Gasteiger partial charge in [-0.3, -0.25) is 4.79 Å². The fraction of sp³-hybridized carbons (Fsp3) is 0.308. The van der Waals surface area contributed by atoms with Gasteiger partial charge in [-0.05, 0) is 23.1 Å². The molecular formula is C13H15N3O. The number of H-pyrrole nitrogens is 1. The highest BCUT2D eigenvalue weighted by atomic mass is 16.2. The molecule has 0 spiro atoms. The number of carbonyl (C=O) groups is 1. The normalized spacial score (nSPS) is 20.4. The summed E-state index contributed by atoms with van der Waals surface area (Å²) >= 11 is 0. The zero-order valence-corrected chi connectivity index (χ0v) is 9.52. The van der Waals surface area contributed by atoms with Gasteiger partial charge in [-0.15, -0.1) is 0 Å². The summed E-state index contributed by atoms with van der Waals surface area (Å²) in [6.45, 7) is 1.32. The molecule has 1 aliphatic rings. The third-order valence-electron chi connectivity index (χ3n) is 3.24. The SMILES string of the molecule is NC1CC(=O)N(Cc2ccc3cc[nH]c3c2)C1. The molecule has 0 radical (unpaired) electrons. The maximum absolute atomic E-state index is 11.6. The number of nitrogens with two attached hydrogens (primary N) is 1. The molecule has 1 fully saturated rings. The quantitative estimate of drug-likeness (QED) is 0.813. The maximum atomic E-state index is 11.6. The number of fused-ring (bicyclic) bond motifs is 1. The first kappa shape index (κ1) is 10.4. The van der Waals surface area contributed by atoms with Crippen molar-refractivity contribution in [3.8, 4) is 0 Å². The molecule has 1 amide bonds. The Morgan fingerprint density at radius 2 is 2.29 bits per heavy atom. The first-order valence-corrected chi connectivity index (χ1v) is 5.82. The molecule has 0 saturated carbocycles. The maximum Gasteiger partial charge on any atom is 0.224 e. The Kier molecular flexibility index (Phi) is 2.37. The van der Waals surface area contributed by atoms with E-state index in [-0.39, 0.29) is 11.9 Å². The third-order valence-corrected chi connectivity index (χ3v) is 3.24. The summed E-state index contributed by atoms with van der Waals surface area (Å²) < 4.78 is 0. The summed E-state index contributed by atoms with van der Waals surface area (Å²) in [4.78, 5) is 16.6. The summed E-state index contributed by atoms with van der Waals surface area (Å²) in [5.74, 6) is 0.157. The first-order valence-electron chi connectivity index (χ1n) is 5.82. The van der Waals surface area contributed by atoms with Gasteiger partial charge in [-0.1, -0.05) is 12.1 Å². The Morgan fingerprint density at radius 3 is 3.06 bits per heavy atom. The highest BCUT2D eigenvalue weighted by Crippen LogP contribution is 2.18. The number of nitrogens with one attached hydrogen (secondary N) is 1. The van der Waals surface area contributed by atoms with Crippen LogP contribution < -0.4 is 5.73 Å². The molecule has 3 N–H and O–H groups in total. The van der Waals surface area contributed by atoms with Crippen molar-refractivity contribution in [1.82, 2.24) is 9.88 Å². The number of hydrogen-bond acceptors (Lipinski definition) is 2. The van der Waals surface area contributed by atoms with E-state index in [1.165, 1.54) is 5.39 Å². The van der Waals surface area contributed by atoms with E-state index >= 15 is 0 Å². The second-order valence-corrected chi connectivity index (χ2v) is 4.64. The monoisotopic (exact) mass is 229 g/mol. The number of hydrogen-bond donors (Lipinski definition) is 2. The van der Waals surface area contributed by atoms with E-state index < -0.39 is 0 Å². The predicted octanol–water partition coefficient (Wildman–Crippen LogP) is 1.23. The Balaban J connectivity index is 1.82. The van der Waals surface area contributed by atoms with E-state index in [1.807, 2.05) is 17.2 Å². The second kappa shape index (κ2) is 3.89. The van der Waals surface area contributed by atoms with Crippen molar-refractivity contribution in [2.75, 3.05) is 6.54 Å². The third kappa shape index (κ3) is 1.91. The lowest BCUT2D eigenvalue weighted by atomic mass is 10.1. The number of aromatic nitrogens is 1. The van der Waals surface area contributed by atoms with Crippen molar-refractivity contribution < 1.29 is 4.79 Å². The summed E-state index contributed by atoms with van der Waals surface area (Å²) in [7, 11) is 0. The summed E-state index contributed by atoms with van der Waals surface area (Å²) in [6.07, 6.45) is 2.40. The lowest BCUT2D eigenvalue weighted by molar-refractivity contribution is -0.128. The van der Waals surface area contributed by atoms with Crippen molar-refractivity contribution in [2.24, 2.45) is 5.73 Å². The van der Waals surface area contributed by atoms with Crippen LogP contribution in [0.1, 0.15) is 12.0 Å². The average molecular weight is 229 g/mol. The number of likely N-dealkylation sites (tertiary alicyclic amines) is 1. The van der Waals surface area contributed by atoms with Gasteiger partial charge in [0, 0.05) is 37.3 Å². The van der Waals surface area contributed by atoms with E-state index in [2.05, 4.69) is 23.2 Å². The van der Waals surface area contributed by atoms with E-state index in [9.17, 15) is 4.79 Å². The van der Waals surface area contributed by atoms with Gasteiger partial charge in [0.1, 0.15) is 0 Å². The van der Waals surface area contributed by atoms with Gasteiger partial charge in [0.2, 0.25) is 5.91 Å².